The second-order valence-corrected chi connectivity index (χ2v) is 6.27. The minimum atomic E-state index is 0.675. The van der Waals surface area contributed by atoms with Crippen molar-refractivity contribution >= 4 is 11.3 Å². The van der Waals surface area contributed by atoms with Crippen LogP contribution < -0.4 is 5.32 Å². The molecule has 4 nitrogen and oxygen atoms in total. The van der Waals surface area contributed by atoms with Gasteiger partial charge in [0.05, 0.1) is 22.7 Å². The molecule has 2 heterocycles. The Bertz CT molecular complexity index is 501. The van der Waals surface area contributed by atoms with Crippen molar-refractivity contribution in [2.24, 2.45) is 5.92 Å². The van der Waals surface area contributed by atoms with Gasteiger partial charge in [0.1, 0.15) is 0 Å². The first kappa shape index (κ1) is 14.2. The van der Waals surface area contributed by atoms with Gasteiger partial charge in [-0.3, -0.25) is 0 Å². The van der Waals surface area contributed by atoms with Crippen LogP contribution in [0.1, 0.15) is 30.2 Å². The summed E-state index contributed by atoms with van der Waals surface area (Å²) in [4.78, 5) is 8.74. The minimum absolute atomic E-state index is 0.675. The molecular weight excluding hydrogens is 256 g/mol. The largest absolute Gasteiger partial charge is 0.333 e. The van der Waals surface area contributed by atoms with E-state index in [2.05, 4.69) is 39.1 Å². The van der Waals surface area contributed by atoms with E-state index in [-0.39, 0.29) is 0 Å². The van der Waals surface area contributed by atoms with E-state index in [1.807, 2.05) is 19.4 Å². The van der Waals surface area contributed by atoms with Crippen LogP contribution in [0.4, 0.5) is 0 Å². The van der Waals surface area contributed by atoms with Crippen LogP contribution in [0.3, 0.4) is 0 Å². The minimum Gasteiger partial charge on any atom is -0.333 e. The van der Waals surface area contributed by atoms with Gasteiger partial charge in [-0.15, -0.1) is 11.3 Å². The number of rotatable bonds is 7. The molecule has 1 N–H and O–H groups in total. The number of aryl methyl sites for hydroxylation is 3. The lowest BCUT2D eigenvalue weighted by molar-refractivity contribution is 0.533. The zero-order valence-corrected chi connectivity index (χ0v) is 12.7. The molecule has 0 amide bonds. The number of nitrogens with one attached hydrogen (secondary N) is 1. The maximum Gasteiger partial charge on any atom is 0.0948 e. The first-order valence-electron chi connectivity index (χ1n) is 6.76. The molecule has 0 aliphatic rings. The van der Waals surface area contributed by atoms with Gasteiger partial charge in [-0.25, -0.2) is 9.97 Å². The van der Waals surface area contributed by atoms with E-state index in [0.29, 0.717) is 5.92 Å². The van der Waals surface area contributed by atoms with Crippen molar-refractivity contribution in [1.29, 1.82) is 0 Å². The zero-order chi connectivity index (χ0) is 13.7. The Morgan fingerprint density at radius 1 is 1.42 bits per heavy atom. The molecular formula is C14H22N4S. The number of aromatic nitrogens is 3. The molecule has 5 heteroatoms. The van der Waals surface area contributed by atoms with Crippen molar-refractivity contribution in [3.8, 4) is 0 Å². The van der Waals surface area contributed by atoms with Crippen LogP contribution >= 0.6 is 11.3 Å². The predicted molar refractivity (Wildman–Crippen MR) is 79.3 cm³/mol. The Morgan fingerprint density at radius 2 is 2.26 bits per heavy atom. The van der Waals surface area contributed by atoms with Gasteiger partial charge in [0, 0.05) is 31.1 Å². The van der Waals surface area contributed by atoms with Gasteiger partial charge in [0.2, 0.25) is 0 Å². The van der Waals surface area contributed by atoms with Gasteiger partial charge >= 0.3 is 0 Å². The average molecular weight is 278 g/mol. The Kier molecular flexibility index (Phi) is 5.10. The van der Waals surface area contributed by atoms with Crippen LogP contribution in [0.25, 0.3) is 0 Å². The molecule has 0 fully saturated rings. The van der Waals surface area contributed by atoms with Crippen LogP contribution in [0, 0.1) is 12.8 Å². The highest BCUT2D eigenvalue weighted by Crippen LogP contribution is 2.10. The average Bonchev–Trinajstić information content (AvgIpc) is 2.95. The van der Waals surface area contributed by atoms with Crippen LogP contribution in [0.2, 0.25) is 0 Å². The number of hydrogen-bond acceptors (Lipinski definition) is 4. The standard InChI is InChI=1S/C14H22N4S/c1-11(2)6-15-7-14-8-16-10-18(14)5-4-13-9-19-12(3)17-13/h8-11,15H,4-7H2,1-3H3. The lowest BCUT2D eigenvalue weighted by atomic mass is 10.2. The van der Waals surface area contributed by atoms with Gasteiger partial charge < -0.3 is 9.88 Å². The smallest absolute Gasteiger partial charge is 0.0948 e. The SMILES string of the molecule is Cc1nc(CCn2cncc2CNCC(C)C)cs1. The van der Waals surface area contributed by atoms with E-state index in [1.54, 1.807) is 11.3 Å². The van der Waals surface area contributed by atoms with E-state index in [4.69, 9.17) is 0 Å². The third kappa shape index (κ3) is 4.44. The Morgan fingerprint density at radius 3 is 2.95 bits per heavy atom. The van der Waals surface area contributed by atoms with Crippen molar-refractivity contribution in [3.63, 3.8) is 0 Å². The van der Waals surface area contributed by atoms with Crippen LogP contribution in [0.5, 0.6) is 0 Å². The molecule has 19 heavy (non-hydrogen) atoms. The van der Waals surface area contributed by atoms with E-state index < -0.39 is 0 Å². The molecule has 2 aromatic rings. The van der Waals surface area contributed by atoms with Crippen LogP contribution in [-0.2, 0) is 19.5 Å². The monoisotopic (exact) mass is 278 g/mol. The molecule has 0 aliphatic carbocycles. The van der Waals surface area contributed by atoms with Crippen molar-refractivity contribution in [3.05, 3.63) is 34.3 Å². The highest BCUT2D eigenvalue weighted by Gasteiger charge is 2.04. The number of thiazole rings is 1. The maximum atomic E-state index is 4.49. The summed E-state index contributed by atoms with van der Waals surface area (Å²) < 4.78 is 2.21. The second-order valence-electron chi connectivity index (χ2n) is 5.21. The molecule has 0 radical (unpaired) electrons. The Hall–Kier alpha value is -1.20. The van der Waals surface area contributed by atoms with E-state index in [9.17, 15) is 0 Å². The molecule has 0 aromatic carbocycles. The lowest BCUT2D eigenvalue weighted by Crippen LogP contribution is -2.21. The quantitative estimate of drug-likeness (QED) is 0.846. The number of nitrogens with zero attached hydrogens (tertiary/aromatic N) is 3. The Balaban J connectivity index is 1.85. The zero-order valence-electron chi connectivity index (χ0n) is 11.9. The summed E-state index contributed by atoms with van der Waals surface area (Å²) in [5, 5.41) is 6.74. The number of imidazole rings is 1. The molecule has 2 aromatic heterocycles. The fraction of sp³-hybridized carbons (Fsp3) is 0.571. The molecule has 0 aliphatic heterocycles. The fourth-order valence-electron chi connectivity index (χ4n) is 1.94. The first-order valence-corrected chi connectivity index (χ1v) is 7.64. The summed E-state index contributed by atoms with van der Waals surface area (Å²) in [6.07, 6.45) is 4.82. The highest BCUT2D eigenvalue weighted by molar-refractivity contribution is 7.09. The van der Waals surface area contributed by atoms with Crippen molar-refractivity contribution in [1.82, 2.24) is 19.9 Å². The van der Waals surface area contributed by atoms with Crippen molar-refractivity contribution in [2.75, 3.05) is 6.54 Å². The van der Waals surface area contributed by atoms with Crippen LogP contribution in [-0.4, -0.2) is 21.1 Å². The molecule has 2 rings (SSSR count). The number of hydrogen-bond donors (Lipinski definition) is 1. The predicted octanol–water partition coefficient (Wildman–Crippen LogP) is 2.64. The van der Waals surface area contributed by atoms with Crippen molar-refractivity contribution in [2.45, 2.75) is 40.3 Å². The maximum absolute atomic E-state index is 4.49. The van der Waals surface area contributed by atoms with Gasteiger partial charge in [-0.1, -0.05) is 13.8 Å². The normalized spacial score (nSPS) is 11.4. The first-order chi connectivity index (χ1) is 9.15. The summed E-state index contributed by atoms with van der Waals surface area (Å²) in [6, 6.07) is 0. The Labute approximate surface area is 118 Å². The molecule has 0 saturated carbocycles. The van der Waals surface area contributed by atoms with Gasteiger partial charge in [0.15, 0.2) is 0 Å². The van der Waals surface area contributed by atoms with E-state index >= 15 is 0 Å². The summed E-state index contributed by atoms with van der Waals surface area (Å²) in [5.41, 5.74) is 2.42. The fourth-order valence-corrected chi connectivity index (χ4v) is 2.59. The summed E-state index contributed by atoms with van der Waals surface area (Å²) in [7, 11) is 0. The highest BCUT2D eigenvalue weighted by atomic mass is 32.1. The molecule has 0 saturated heterocycles. The molecule has 0 atom stereocenters. The summed E-state index contributed by atoms with van der Waals surface area (Å²) >= 11 is 1.71. The van der Waals surface area contributed by atoms with Gasteiger partial charge in [-0.2, -0.15) is 0 Å². The third-order valence-electron chi connectivity index (χ3n) is 2.93. The topological polar surface area (TPSA) is 42.7 Å². The molecule has 0 unspecified atom stereocenters. The van der Waals surface area contributed by atoms with Crippen LogP contribution in [0.15, 0.2) is 17.9 Å². The van der Waals surface area contributed by atoms with Gasteiger partial charge in [0.25, 0.3) is 0 Å². The second kappa shape index (κ2) is 6.82. The van der Waals surface area contributed by atoms with E-state index in [0.717, 1.165) is 31.1 Å². The third-order valence-corrected chi connectivity index (χ3v) is 3.75. The summed E-state index contributed by atoms with van der Waals surface area (Å²) in [5.74, 6) is 0.675. The molecule has 0 bridgehead atoms. The van der Waals surface area contributed by atoms with Crippen molar-refractivity contribution < 1.29 is 0 Å². The molecule has 0 spiro atoms. The summed E-state index contributed by atoms with van der Waals surface area (Å²) in [6.45, 7) is 9.35. The molecule has 104 valence electrons. The van der Waals surface area contributed by atoms with Gasteiger partial charge in [-0.05, 0) is 19.4 Å². The lowest BCUT2D eigenvalue weighted by Gasteiger charge is -2.10. The van der Waals surface area contributed by atoms with E-state index in [1.165, 1.54) is 11.4 Å².